The van der Waals surface area contributed by atoms with Crippen molar-refractivity contribution in [2.75, 3.05) is 6.61 Å². The van der Waals surface area contributed by atoms with Gasteiger partial charge in [0.1, 0.15) is 18.8 Å². The molecule has 22 heteroatoms. The van der Waals surface area contributed by atoms with Crippen molar-refractivity contribution in [1.82, 2.24) is 0 Å². The van der Waals surface area contributed by atoms with Gasteiger partial charge in [-0.15, -0.1) is 0 Å². The number of ether oxygens (including phenoxy) is 10. The summed E-state index contributed by atoms with van der Waals surface area (Å²) < 4.78 is 88.7. The van der Waals surface area contributed by atoms with E-state index in [9.17, 15) is 46.8 Å². The van der Waals surface area contributed by atoms with Crippen molar-refractivity contribution < 1.29 is 98.3 Å². The van der Waals surface area contributed by atoms with Gasteiger partial charge in [0.2, 0.25) is 0 Å². The van der Waals surface area contributed by atoms with E-state index in [1.165, 1.54) is 24.3 Å². The highest BCUT2D eigenvalue weighted by Gasteiger charge is 2.62. The lowest BCUT2D eigenvalue weighted by molar-refractivity contribution is -0.342. The van der Waals surface area contributed by atoms with Crippen molar-refractivity contribution >= 4 is 57.9 Å². The number of carbonyl (C=O) groups excluding carboxylic acids is 8. The smallest absolute Gasteiger partial charge is 0.303 e. The molecule has 0 radical (unpaired) electrons. The largest absolute Gasteiger partial charge is 0.463 e. The van der Waals surface area contributed by atoms with E-state index in [0.29, 0.717) is 5.56 Å². The molecular formula is C35H44O21S. The Morgan fingerprint density at radius 1 is 0.491 bits per heavy atom. The van der Waals surface area contributed by atoms with Gasteiger partial charge in [-0.2, -0.15) is 8.42 Å². The van der Waals surface area contributed by atoms with Crippen LogP contribution in [0.15, 0.2) is 29.2 Å². The molecule has 0 aromatic heterocycles. The molecule has 1 saturated carbocycles. The van der Waals surface area contributed by atoms with Crippen LogP contribution in [0.4, 0.5) is 0 Å². The van der Waals surface area contributed by atoms with E-state index in [4.69, 9.17) is 51.6 Å². The highest BCUT2D eigenvalue weighted by Crippen LogP contribution is 2.39. The second-order valence-electron chi connectivity index (χ2n) is 12.8. The maximum atomic E-state index is 13.7. The van der Waals surface area contributed by atoms with Crippen LogP contribution in [0, 0.1) is 6.92 Å². The summed E-state index contributed by atoms with van der Waals surface area (Å²) in [5.74, 6) is -8.19. The molecule has 2 unspecified atom stereocenters. The van der Waals surface area contributed by atoms with Crippen LogP contribution in [-0.4, -0.2) is 130 Å². The first-order valence-electron chi connectivity index (χ1n) is 17.2. The van der Waals surface area contributed by atoms with Crippen molar-refractivity contribution in [3.8, 4) is 0 Å². The third-order valence-electron chi connectivity index (χ3n) is 7.94. The van der Waals surface area contributed by atoms with Crippen LogP contribution in [0.25, 0.3) is 0 Å². The third kappa shape index (κ3) is 12.9. The summed E-state index contributed by atoms with van der Waals surface area (Å²) in [5, 5.41) is 0. The first-order chi connectivity index (χ1) is 26.5. The lowest BCUT2D eigenvalue weighted by Gasteiger charge is -2.50. The van der Waals surface area contributed by atoms with Gasteiger partial charge in [-0.05, 0) is 19.1 Å². The second-order valence-corrected chi connectivity index (χ2v) is 14.4. The summed E-state index contributed by atoms with van der Waals surface area (Å²) in [6.45, 7) is 8.58. The minimum Gasteiger partial charge on any atom is -0.463 e. The van der Waals surface area contributed by atoms with Gasteiger partial charge in [0.05, 0.1) is 4.90 Å². The molecule has 1 saturated heterocycles. The van der Waals surface area contributed by atoms with E-state index in [-0.39, 0.29) is 0 Å². The molecule has 1 aliphatic carbocycles. The predicted octanol–water partition coefficient (Wildman–Crippen LogP) is 0.278. The summed E-state index contributed by atoms with van der Waals surface area (Å²) >= 11 is 0. The van der Waals surface area contributed by atoms with Crippen LogP contribution in [0.1, 0.15) is 61.0 Å². The van der Waals surface area contributed by atoms with Crippen LogP contribution in [0.3, 0.4) is 0 Å². The van der Waals surface area contributed by atoms with Crippen molar-refractivity contribution in [3.63, 3.8) is 0 Å². The molecule has 1 aromatic carbocycles. The molecule has 0 spiro atoms. The molecule has 57 heavy (non-hydrogen) atoms. The summed E-state index contributed by atoms with van der Waals surface area (Å²) in [6.07, 6.45) is -21.3. The summed E-state index contributed by atoms with van der Waals surface area (Å²) in [4.78, 5) is 99.3. The molecule has 1 aliphatic heterocycles. The average Bonchev–Trinajstić information content (AvgIpc) is 3.06. The Kier molecular flexibility index (Phi) is 16.0. The lowest BCUT2D eigenvalue weighted by atomic mass is 9.83. The van der Waals surface area contributed by atoms with E-state index in [0.717, 1.165) is 55.4 Å². The zero-order chi connectivity index (χ0) is 42.9. The normalized spacial score (nSPS) is 28.4. The van der Waals surface area contributed by atoms with Gasteiger partial charge < -0.3 is 47.4 Å². The average molecular weight is 833 g/mol. The number of benzene rings is 1. The topological polar surface area (TPSA) is 272 Å². The Morgan fingerprint density at radius 3 is 1.23 bits per heavy atom. The molecule has 2 fully saturated rings. The molecule has 316 valence electrons. The molecular weight excluding hydrogens is 788 g/mol. The van der Waals surface area contributed by atoms with E-state index >= 15 is 0 Å². The standard InChI is InChI=1S/C35H44O21S/c1-15-10-12-24(13-11-15)57(44,45)56-33-31(51-21(7)41)28(49-19(5)39)30(29(50-20(6)40)32(33)52-22(8)42)55-35-34(53-23(9)43)27(48-18(4)38)26(47-17(3)37)25(54-35)14-46-16(2)36/h10-13,25-35H,14H2,1-9H3/t25-,26+,27+,28-,29+,30?,31+,32-,33?,34-,35+/m1/s1. The van der Waals surface area contributed by atoms with Gasteiger partial charge in [0.15, 0.2) is 55.1 Å². The van der Waals surface area contributed by atoms with Crippen LogP contribution in [0.2, 0.25) is 0 Å². The van der Waals surface area contributed by atoms with Gasteiger partial charge in [-0.1, -0.05) is 17.7 Å². The molecule has 1 heterocycles. The highest BCUT2D eigenvalue weighted by molar-refractivity contribution is 7.86. The molecule has 3 rings (SSSR count). The Labute approximate surface area is 326 Å². The number of hydrogen-bond acceptors (Lipinski definition) is 21. The minimum atomic E-state index is -4.86. The Hall–Kier alpha value is -5.19. The fourth-order valence-electron chi connectivity index (χ4n) is 6.05. The highest BCUT2D eigenvalue weighted by atomic mass is 32.2. The molecule has 0 N–H and O–H groups in total. The molecule has 21 nitrogen and oxygen atoms in total. The SMILES string of the molecule is CC(=O)OC[C@H]1O[C@@H](OC2[C@@H](OC(C)=O)[C@H](OC(C)=O)C(OS(=O)(=O)c3ccc(C)cc3)[C@H](OC(C)=O)[C@H]2OC(C)=O)[C@H](OC(C)=O)[C@@H](OC(C)=O)[C@H]1OC(C)=O. The van der Waals surface area contributed by atoms with E-state index in [2.05, 4.69) is 0 Å². The van der Waals surface area contributed by atoms with Crippen LogP contribution in [0.5, 0.6) is 0 Å². The molecule has 0 amide bonds. The summed E-state index contributed by atoms with van der Waals surface area (Å²) in [5.41, 5.74) is 0.675. The maximum absolute atomic E-state index is 13.7. The number of esters is 8. The van der Waals surface area contributed by atoms with Crippen molar-refractivity contribution in [3.05, 3.63) is 29.8 Å². The first kappa shape index (κ1) is 46.2. The van der Waals surface area contributed by atoms with Gasteiger partial charge >= 0.3 is 47.8 Å². The minimum absolute atomic E-state index is 0.403. The van der Waals surface area contributed by atoms with Crippen LogP contribution >= 0.6 is 0 Å². The number of hydrogen-bond donors (Lipinski definition) is 0. The Balaban J connectivity index is 2.33. The summed E-state index contributed by atoms with van der Waals surface area (Å²) in [7, 11) is -4.86. The number of rotatable bonds is 14. The molecule has 1 aromatic rings. The molecule has 11 atom stereocenters. The van der Waals surface area contributed by atoms with Gasteiger partial charge in [-0.25, -0.2) is 0 Å². The Bertz CT molecular complexity index is 1750. The summed E-state index contributed by atoms with van der Waals surface area (Å²) in [6, 6.07) is 5.28. The first-order valence-corrected chi connectivity index (χ1v) is 18.6. The van der Waals surface area contributed by atoms with Gasteiger partial charge in [0, 0.05) is 55.4 Å². The van der Waals surface area contributed by atoms with Crippen molar-refractivity contribution in [2.24, 2.45) is 0 Å². The monoisotopic (exact) mass is 832 g/mol. The van der Waals surface area contributed by atoms with E-state index < -0.39 is 137 Å². The zero-order valence-corrected chi connectivity index (χ0v) is 33.2. The molecule has 0 bridgehead atoms. The van der Waals surface area contributed by atoms with Gasteiger partial charge in [-0.3, -0.25) is 42.5 Å². The number of carbonyl (C=O) groups is 8. The molecule has 2 aliphatic rings. The van der Waals surface area contributed by atoms with Gasteiger partial charge in [0.25, 0.3) is 10.1 Å². The Morgan fingerprint density at radius 2 is 0.842 bits per heavy atom. The fourth-order valence-corrected chi connectivity index (χ4v) is 7.14. The zero-order valence-electron chi connectivity index (χ0n) is 32.3. The fraction of sp³-hybridized carbons (Fsp3) is 0.600. The van der Waals surface area contributed by atoms with E-state index in [1.54, 1.807) is 6.92 Å². The quantitative estimate of drug-likeness (QED) is 0.138. The van der Waals surface area contributed by atoms with Crippen molar-refractivity contribution in [1.29, 1.82) is 0 Å². The lowest BCUT2D eigenvalue weighted by Crippen LogP contribution is -2.70. The van der Waals surface area contributed by atoms with Crippen molar-refractivity contribution in [2.45, 2.75) is 135 Å². The van der Waals surface area contributed by atoms with E-state index in [1.807, 2.05) is 0 Å². The number of aryl methyl sites for hydroxylation is 1. The predicted molar refractivity (Wildman–Crippen MR) is 182 cm³/mol. The third-order valence-corrected chi connectivity index (χ3v) is 9.26. The maximum Gasteiger partial charge on any atom is 0.303 e. The second kappa shape index (κ2) is 19.8. The van der Waals surface area contributed by atoms with Crippen LogP contribution in [-0.2, 0) is 100 Å². The van der Waals surface area contributed by atoms with Crippen LogP contribution < -0.4 is 0 Å².